The van der Waals surface area contributed by atoms with Gasteiger partial charge in [0.25, 0.3) is 0 Å². The second-order valence-corrected chi connectivity index (χ2v) is 7.31. The molecule has 1 aromatic carbocycles. The Morgan fingerprint density at radius 2 is 1.93 bits per heavy atom. The summed E-state index contributed by atoms with van der Waals surface area (Å²) >= 11 is 1.64. The van der Waals surface area contributed by atoms with E-state index >= 15 is 0 Å². The van der Waals surface area contributed by atoms with Gasteiger partial charge in [-0.05, 0) is 18.6 Å². The number of nitrogens with zero attached hydrogens (tertiary/aromatic N) is 5. The van der Waals surface area contributed by atoms with Crippen LogP contribution in [-0.4, -0.2) is 29.7 Å². The number of imidazole rings is 1. The van der Waals surface area contributed by atoms with E-state index in [0.29, 0.717) is 5.82 Å². The van der Waals surface area contributed by atoms with Gasteiger partial charge in [0.15, 0.2) is 11.6 Å². The predicted octanol–water partition coefficient (Wildman–Crippen LogP) is 4.46. The van der Waals surface area contributed by atoms with Crippen molar-refractivity contribution in [3.05, 3.63) is 60.7 Å². The maximum absolute atomic E-state index is 4.84. The summed E-state index contributed by atoms with van der Waals surface area (Å²) in [5.41, 5.74) is 4.12. The van der Waals surface area contributed by atoms with E-state index in [9.17, 15) is 0 Å². The quantitative estimate of drug-likeness (QED) is 0.508. The van der Waals surface area contributed by atoms with Crippen molar-refractivity contribution in [3.8, 4) is 33.3 Å². The molecule has 4 aromatic heterocycles. The van der Waals surface area contributed by atoms with E-state index < -0.39 is 0 Å². The average molecular weight is 372 g/mol. The van der Waals surface area contributed by atoms with Crippen LogP contribution in [0.5, 0.6) is 0 Å². The smallest absolute Gasteiger partial charge is 0.197 e. The van der Waals surface area contributed by atoms with Crippen molar-refractivity contribution in [1.29, 1.82) is 0 Å². The maximum Gasteiger partial charge on any atom is 0.197 e. The minimum absolute atomic E-state index is 0.641. The number of benzene rings is 1. The number of hydrogen-bond acceptors (Lipinski definition) is 5. The zero-order chi connectivity index (χ0) is 18.4. The number of rotatable bonds is 3. The Bertz CT molecular complexity index is 1230. The highest BCUT2D eigenvalue weighted by molar-refractivity contribution is 7.22. The highest BCUT2D eigenvalue weighted by Gasteiger charge is 2.21. The first kappa shape index (κ1) is 15.9. The molecule has 5 aromatic rings. The molecule has 0 amide bonds. The summed E-state index contributed by atoms with van der Waals surface area (Å²) in [5, 5.41) is 8.39. The first-order valence-corrected chi connectivity index (χ1v) is 9.38. The molecule has 0 aliphatic carbocycles. The molecule has 1 N–H and O–H groups in total. The van der Waals surface area contributed by atoms with E-state index in [0.717, 1.165) is 43.4 Å². The van der Waals surface area contributed by atoms with Gasteiger partial charge in [-0.1, -0.05) is 30.3 Å². The van der Waals surface area contributed by atoms with Gasteiger partial charge in [0.1, 0.15) is 10.5 Å². The summed E-state index contributed by atoms with van der Waals surface area (Å²) in [5.74, 6) is 1.40. The van der Waals surface area contributed by atoms with E-state index in [1.807, 2.05) is 55.2 Å². The van der Waals surface area contributed by atoms with E-state index in [1.54, 1.807) is 17.5 Å². The zero-order valence-corrected chi connectivity index (χ0v) is 15.7. The number of thiophene rings is 1. The highest BCUT2D eigenvalue weighted by Crippen LogP contribution is 2.44. The maximum atomic E-state index is 4.84. The highest BCUT2D eigenvalue weighted by atomic mass is 32.1. The van der Waals surface area contributed by atoms with Gasteiger partial charge >= 0.3 is 0 Å². The van der Waals surface area contributed by atoms with Crippen molar-refractivity contribution in [2.45, 2.75) is 6.92 Å². The number of aromatic nitrogens is 6. The lowest BCUT2D eigenvalue weighted by atomic mass is 10.0. The standard InChI is InChI=1S/C20H16N6S/c1-12-15-16(13-6-4-3-5-7-13)17(14-8-9-22-25-14)27-20(15)24-18(23-12)19-21-10-11-26(19)2/h3-11H,1-2H3,(H,22,25). The first-order chi connectivity index (χ1) is 13.2. The van der Waals surface area contributed by atoms with Gasteiger partial charge in [-0.2, -0.15) is 5.10 Å². The van der Waals surface area contributed by atoms with Gasteiger partial charge in [-0.25, -0.2) is 15.0 Å². The molecular formula is C20H16N6S. The first-order valence-electron chi connectivity index (χ1n) is 8.57. The van der Waals surface area contributed by atoms with Crippen LogP contribution >= 0.6 is 11.3 Å². The summed E-state index contributed by atoms with van der Waals surface area (Å²) in [7, 11) is 1.95. The van der Waals surface area contributed by atoms with Crippen molar-refractivity contribution >= 4 is 21.6 Å². The van der Waals surface area contributed by atoms with Crippen LogP contribution in [-0.2, 0) is 7.05 Å². The number of nitrogens with one attached hydrogen (secondary N) is 1. The molecule has 0 unspecified atom stereocenters. The Hall–Kier alpha value is -3.32. The Morgan fingerprint density at radius 1 is 1.07 bits per heavy atom. The molecule has 0 saturated heterocycles. The minimum atomic E-state index is 0.641. The van der Waals surface area contributed by atoms with E-state index in [4.69, 9.17) is 9.97 Å². The number of aryl methyl sites for hydroxylation is 2. The van der Waals surface area contributed by atoms with Crippen LogP contribution in [0.2, 0.25) is 0 Å². The Morgan fingerprint density at radius 3 is 2.63 bits per heavy atom. The van der Waals surface area contributed by atoms with Gasteiger partial charge in [0.05, 0.1) is 10.6 Å². The molecule has 7 heteroatoms. The Labute approximate surface area is 159 Å². The molecular weight excluding hydrogens is 356 g/mol. The SMILES string of the molecule is Cc1nc(-c2nccn2C)nc2sc(-c3cc[nH]n3)c(-c3ccccc3)c12. The molecule has 0 fully saturated rings. The molecule has 0 atom stereocenters. The minimum Gasteiger partial charge on any atom is -0.331 e. The summed E-state index contributed by atoms with van der Waals surface area (Å²) in [6.07, 6.45) is 5.50. The number of aromatic amines is 1. The average Bonchev–Trinajstić information content (AvgIpc) is 3.41. The molecule has 0 spiro atoms. The van der Waals surface area contributed by atoms with Gasteiger partial charge in [-0.15, -0.1) is 11.3 Å². The summed E-state index contributed by atoms with van der Waals surface area (Å²) in [6, 6.07) is 12.3. The van der Waals surface area contributed by atoms with Crippen LogP contribution in [0.15, 0.2) is 55.0 Å². The van der Waals surface area contributed by atoms with Gasteiger partial charge in [0.2, 0.25) is 0 Å². The summed E-state index contributed by atoms with van der Waals surface area (Å²) < 4.78 is 1.93. The van der Waals surface area contributed by atoms with Gasteiger partial charge in [0, 0.05) is 36.6 Å². The van der Waals surface area contributed by atoms with Crippen LogP contribution < -0.4 is 0 Å². The third-order valence-electron chi connectivity index (χ3n) is 4.55. The summed E-state index contributed by atoms with van der Waals surface area (Å²) in [4.78, 5) is 16.0. The molecule has 6 nitrogen and oxygen atoms in total. The van der Waals surface area contributed by atoms with Crippen molar-refractivity contribution in [2.24, 2.45) is 7.05 Å². The van der Waals surface area contributed by atoms with Crippen LogP contribution in [0.1, 0.15) is 5.69 Å². The second-order valence-electron chi connectivity index (χ2n) is 6.31. The topological polar surface area (TPSA) is 72.3 Å². The van der Waals surface area contributed by atoms with Crippen LogP contribution in [0, 0.1) is 6.92 Å². The summed E-state index contributed by atoms with van der Waals surface area (Å²) in [6.45, 7) is 2.03. The lowest BCUT2D eigenvalue weighted by molar-refractivity contribution is 0.907. The molecule has 4 heterocycles. The lowest BCUT2D eigenvalue weighted by Crippen LogP contribution is -1.98. The molecule has 0 saturated carbocycles. The van der Waals surface area contributed by atoms with E-state index in [-0.39, 0.29) is 0 Å². The number of hydrogen-bond donors (Lipinski definition) is 1. The molecule has 0 aliphatic heterocycles. The van der Waals surface area contributed by atoms with Crippen molar-refractivity contribution in [2.75, 3.05) is 0 Å². The normalized spacial score (nSPS) is 11.3. The van der Waals surface area contributed by atoms with Crippen LogP contribution in [0.3, 0.4) is 0 Å². The van der Waals surface area contributed by atoms with Crippen molar-refractivity contribution in [1.82, 2.24) is 29.7 Å². The van der Waals surface area contributed by atoms with Gasteiger partial charge < -0.3 is 4.57 Å². The second kappa shape index (κ2) is 6.14. The van der Waals surface area contributed by atoms with Gasteiger partial charge in [-0.3, -0.25) is 5.10 Å². The molecule has 0 aliphatic rings. The van der Waals surface area contributed by atoms with Crippen molar-refractivity contribution < 1.29 is 0 Å². The fourth-order valence-electron chi connectivity index (χ4n) is 3.30. The molecule has 27 heavy (non-hydrogen) atoms. The third-order valence-corrected chi connectivity index (χ3v) is 5.66. The van der Waals surface area contributed by atoms with Crippen LogP contribution in [0.25, 0.3) is 43.6 Å². The van der Waals surface area contributed by atoms with E-state index in [1.165, 1.54) is 0 Å². The largest absolute Gasteiger partial charge is 0.331 e. The third kappa shape index (κ3) is 2.55. The van der Waals surface area contributed by atoms with E-state index in [2.05, 4.69) is 27.3 Å². The Balaban J connectivity index is 1.84. The van der Waals surface area contributed by atoms with Crippen LogP contribution in [0.4, 0.5) is 0 Å². The molecule has 0 bridgehead atoms. The Kier molecular flexibility index (Phi) is 3.61. The fourth-order valence-corrected chi connectivity index (χ4v) is 4.52. The fraction of sp³-hybridized carbons (Fsp3) is 0.100. The number of H-pyrrole nitrogens is 1. The monoisotopic (exact) mass is 372 g/mol. The molecule has 5 rings (SSSR count). The van der Waals surface area contributed by atoms with Crippen molar-refractivity contribution in [3.63, 3.8) is 0 Å². The molecule has 0 radical (unpaired) electrons. The number of fused-ring (bicyclic) bond motifs is 1. The lowest BCUT2D eigenvalue weighted by Gasteiger charge is -2.06. The zero-order valence-electron chi connectivity index (χ0n) is 14.8. The predicted molar refractivity (Wildman–Crippen MR) is 107 cm³/mol. The molecule has 132 valence electrons.